The molecule has 19 heavy (non-hydrogen) atoms. The highest BCUT2D eigenvalue weighted by atomic mass is 16.5. The molecule has 2 rings (SSSR count). The summed E-state index contributed by atoms with van der Waals surface area (Å²) in [5.41, 5.74) is 8.64. The number of carbonyl (C=O) groups excluding carboxylic acids is 1. The van der Waals surface area contributed by atoms with E-state index in [9.17, 15) is 4.79 Å². The maximum atomic E-state index is 12.0. The van der Waals surface area contributed by atoms with Gasteiger partial charge < -0.3 is 15.8 Å². The Labute approximate surface area is 114 Å². The van der Waals surface area contributed by atoms with E-state index in [2.05, 4.69) is 5.32 Å². The van der Waals surface area contributed by atoms with Crippen LogP contribution in [0.15, 0.2) is 12.1 Å². The molecule has 0 radical (unpaired) electrons. The second-order valence-electron chi connectivity index (χ2n) is 5.43. The SMILES string of the molecule is COc1c(C)cc(CNC(=O)C2(CN)CC2)cc1C. The summed E-state index contributed by atoms with van der Waals surface area (Å²) in [4.78, 5) is 12.0. The summed E-state index contributed by atoms with van der Waals surface area (Å²) in [6, 6.07) is 4.10. The summed E-state index contributed by atoms with van der Waals surface area (Å²) in [6.07, 6.45) is 1.83. The van der Waals surface area contributed by atoms with E-state index in [0.717, 1.165) is 35.3 Å². The van der Waals surface area contributed by atoms with Crippen molar-refractivity contribution in [1.29, 1.82) is 0 Å². The summed E-state index contributed by atoms with van der Waals surface area (Å²) in [5, 5.41) is 2.98. The topological polar surface area (TPSA) is 64.3 Å². The van der Waals surface area contributed by atoms with Crippen molar-refractivity contribution in [2.24, 2.45) is 11.1 Å². The Morgan fingerprint density at radius 1 is 1.37 bits per heavy atom. The molecule has 3 N–H and O–H groups in total. The maximum Gasteiger partial charge on any atom is 0.227 e. The molecule has 4 nitrogen and oxygen atoms in total. The van der Waals surface area contributed by atoms with Gasteiger partial charge >= 0.3 is 0 Å². The third-order valence-electron chi connectivity index (χ3n) is 3.90. The van der Waals surface area contributed by atoms with Crippen molar-refractivity contribution >= 4 is 5.91 Å². The molecule has 1 saturated carbocycles. The van der Waals surface area contributed by atoms with Crippen LogP contribution in [0.2, 0.25) is 0 Å². The summed E-state index contributed by atoms with van der Waals surface area (Å²) < 4.78 is 5.33. The average molecular weight is 262 g/mol. The Morgan fingerprint density at radius 2 is 1.95 bits per heavy atom. The Morgan fingerprint density at radius 3 is 2.37 bits per heavy atom. The molecule has 0 unspecified atom stereocenters. The van der Waals surface area contributed by atoms with Crippen LogP contribution in [-0.4, -0.2) is 19.6 Å². The molecule has 0 heterocycles. The lowest BCUT2D eigenvalue weighted by Crippen LogP contribution is -2.36. The van der Waals surface area contributed by atoms with Crippen LogP contribution >= 0.6 is 0 Å². The highest BCUT2D eigenvalue weighted by Gasteiger charge is 2.48. The van der Waals surface area contributed by atoms with E-state index >= 15 is 0 Å². The third kappa shape index (κ3) is 2.73. The van der Waals surface area contributed by atoms with Crippen molar-refractivity contribution in [1.82, 2.24) is 5.32 Å². The number of carbonyl (C=O) groups is 1. The van der Waals surface area contributed by atoms with Gasteiger partial charge in [0.15, 0.2) is 0 Å². The number of benzene rings is 1. The fourth-order valence-corrected chi connectivity index (χ4v) is 2.51. The van der Waals surface area contributed by atoms with Crippen molar-refractivity contribution in [3.63, 3.8) is 0 Å². The van der Waals surface area contributed by atoms with E-state index in [1.165, 1.54) is 0 Å². The van der Waals surface area contributed by atoms with E-state index in [1.54, 1.807) is 7.11 Å². The minimum Gasteiger partial charge on any atom is -0.496 e. The van der Waals surface area contributed by atoms with E-state index in [0.29, 0.717) is 13.1 Å². The number of methoxy groups -OCH3 is 1. The van der Waals surface area contributed by atoms with Gasteiger partial charge in [-0.25, -0.2) is 0 Å². The smallest absolute Gasteiger partial charge is 0.227 e. The fourth-order valence-electron chi connectivity index (χ4n) is 2.51. The normalized spacial score (nSPS) is 16.0. The van der Waals surface area contributed by atoms with Gasteiger partial charge in [-0.2, -0.15) is 0 Å². The summed E-state index contributed by atoms with van der Waals surface area (Å²) >= 11 is 0. The van der Waals surface area contributed by atoms with Crippen LogP contribution in [0, 0.1) is 19.3 Å². The number of aryl methyl sites for hydroxylation is 2. The molecule has 0 aliphatic heterocycles. The van der Waals surface area contributed by atoms with Crippen molar-refractivity contribution in [3.8, 4) is 5.75 Å². The van der Waals surface area contributed by atoms with Crippen molar-refractivity contribution < 1.29 is 9.53 Å². The maximum absolute atomic E-state index is 12.0. The first-order valence-corrected chi connectivity index (χ1v) is 6.65. The summed E-state index contributed by atoms with van der Waals surface area (Å²) in [7, 11) is 1.68. The van der Waals surface area contributed by atoms with Crippen LogP contribution in [0.25, 0.3) is 0 Å². The Balaban J connectivity index is 2.02. The van der Waals surface area contributed by atoms with Crippen molar-refractivity contribution in [2.45, 2.75) is 33.2 Å². The number of ether oxygens (including phenoxy) is 1. The lowest BCUT2D eigenvalue weighted by atomic mass is 10.0. The summed E-state index contributed by atoms with van der Waals surface area (Å²) in [6.45, 7) is 5.02. The standard InChI is InChI=1S/C15H22N2O2/c1-10-6-12(7-11(2)13(10)19-3)8-17-14(18)15(9-16)4-5-15/h6-7H,4-5,8-9,16H2,1-3H3,(H,17,18). The monoisotopic (exact) mass is 262 g/mol. The Kier molecular flexibility index (Phi) is 3.80. The van der Waals surface area contributed by atoms with Crippen LogP contribution in [-0.2, 0) is 11.3 Å². The van der Waals surface area contributed by atoms with Crippen molar-refractivity contribution in [2.75, 3.05) is 13.7 Å². The van der Waals surface area contributed by atoms with Gasteiger partial charge in [0.2, 0.25) is 5.91 Å². The first kappa shape index (κ1) is 13.9. The molecular weight excluding hydrogens is 240 g/mol. The molecule has 1 aliphatic rings. The zero-order valence-electron chi connectivity index (χ0n) is 11.9. The minimum atomic E-state index is -0.281. The van der Waals surface area contributed by atoms with Gasteiger partial charge in [0, 0.05) is 13.1 Å². The third-order valence-corrected chi connectivity index (χ3v) is 3.90. The molecule has 104 valence electrons. The predicted molar refractivity (Wildman–Crippen MR) is 75.0 cm³/mol. The van der Waals surface area contributed by atoms with Crippen LogP contribution in [0.3, 0.4) is 0 Å². The predicted octanol–water partition coefficient (Wildman–Crippen LogP) is 1.67. The fraction of sp³-hybridized carbons (Fsp3) is 0.533. The zero-order valence-corrected chi connectivity index (χ0v) is 11.9. The lowest BCUT2D eigenvalue weighted by molar-refractivity contribution is -0.126. The second kappa shape index (κ2) is 5.21. The van der Waals surface area contributed by atoms with Gasteiger partial charge in [0.05, 0.1) is 12.5 Å². The molecule has 1 aromatic carbocycles. The van der Waals surface area contributed by atoms with Crippen LogP contribution in [0.1, 0.15) is 29.5 Å². The average Bonchev–Trinajstić information content (AvgIpc) is 3.16. The molecule has 0 aromatic heterocycles. The molecule has 1 amide bonds. The first-order chi connectivity index (χ1) is 9.02. The minimum absolute atomic E-state index is 0.0844. The Bertz CT molecular complexity index is 470. The molecule has 0 bridgehead atoms. The number of nitrogens with two attached hydrogens (primary N) is 1. The molecule has 4 heteroatoms. The largest absolute Gasteiger partial charge is 0.496 e. The van der Waals surface area contributed by atoms with Crippen LogP contribution in [0.4, 0.5) is 0 Å². The van der Waals surface area contributed by atoms with Crippen LogP contribution < -0.4 is 15.8 Å². The van der Waals surface area contributed by atoms with E-state index in [-0.39, 0.29) is 11.3 Å². The Hall–Kier alpha value is -1.55. The summed E-state index contributed by atoms with van der Waals surface area (Å²) in [5.74, 6) is 0.997. The first-order valence-electron chi connectivity index (χ1n) is 6.65. The molecule has 0 saturated heterocycles. The molecule has 1 aromatic rings. The van der Waals surface area contributed by atoms with Gasteiger partial charge in [0.25, 0.3) is 0 Å². The number of rotatable bonds is 5. The molecule has 0 atom stereocenters. The zero-order chi connectivity index (χ0) is 14.0. The van der Waals surface area contributed by atoms with Gasteiger partial charge in [-0.1, -0.05) is 12.1 Å². The highest BCUT2D eigenvalue weighted by molar-refractivity contribution is 5.85. The molecule has 1 fully saturated rings. The highest BCUT2D eigenvalue weighted by Crippen LogP contribution is 2.44. The van der Waals surface area contributed by atoms with Gasteiger partial charge in [-0.3, -0.25) is 4.79 Å². The number of nitrogens with one attached hydrogen (secondary N) is 1. The quantitative estimate of drug-likeness (QED) is 0.848. The number of amides is 1. The molecular formula is C15H22N2O2. The second-order valence-corrected chi connectivity index (χ2v) is 5.43. The lowest BCUT2D eigenvalue weighted by Gasteiger charge is -2.15. The number of hydrogen-bond donors (Lipinski definition) is 2. The van der Waals surface area contributed by atoms with Crippen LogP contribution in [0.5, 0.6) is 5.75 Å². The van der Waals surface area contributed by atoms with E-state index < -0.39 is 0 Å². The van der Waals surface area contributed by atoms with Crippen molar-refractivity contribution in [3.05, 3.63) is 28.8 Å². The molecule has 0 spiro atoms. The van der Waals surface area contributed by atoms with E-state index in [1.807, 2.05) is 26.0 Å². The molecule has 1 aliphatic carbocycles. The number of hydrogen-bond acceptors (Lipinski definition) is 3. The van der Waals surface area contributed by atoms with Gasteiger partial charge in [0.1, 0.15) is 5.75 Å². The van der Waals surface area contributed by atoms with E-state index in [4.69, 9.17) is 10.5 Å². The van der Waals surface area contributed by atoms with Gasteiger partial charge in [-0.05, 0) is 43.4 Å². The van der Waals surface area contributed by atoms with Gasteiger partial charge in [-0.15, -0.1) is 0 Å².